The molecule has 29 heavy (non-hydrogen) atoms. The number of aliphatic hydroxyl groups is 2. The van der Waals surface area contributed by atoms with Crippen LogP contribution in [-0.4, -0.2) is 60.0 Å². The van der Waals surface area contributed by atoms with Crippen molar-refractivity contribution in [3.05, 3.63) is 41.2 Å². The lowest BCUT2D eigenvalue weighted by atomic mass is 9.95. The lowest BCUT2D eigenvalue weighted by Crippen LogP contribution is -2.39. The van der Waals surface area contributed by atoms with Crippen LogP contribution in [0.25, 0.3) is 11.2 Å². The van der Waals surface area contributed by atoms with E-state index in [9.17, 15) is 10.2 Å². The largest absolute Gasteiger partial charge is 0.394 e. The minimum Gasteiger partial charge on any atom is -0.394 e. The molecule has 3 aromatic rings. The van der Waals surface area contributed by atoms with Crippen LogP contribution in [-0.2, 0) is 12.0 Å². The molecule has 1 saturated heterocycles. The normalized spacial score (nSPS) is 20.0. The summed E-state index contributed by atoms with van der Waals surface area (Å²) in [6.45, 7) is 7.04. The first kappa shape index (κ1) is 20.0. The Morgan fingerprint density at radius 2 is 2.03 bits per heavy atom. The first-order chi connectivity index (χ1) is 13.8. The van der Waals surface area contributed by atoms with Gasteiger partial charge in [-0.3, -0.25) is 4.98 Å². The minimum atomic E-state index is -0.600. The van der Waals surface area contributed by atoms with Crippen LogP contribution in [0.4, 0.5) is 5.82 Å². The van der Waals surface area contributed by atoms with Gasteiger partial charge in [0.25, 0.3) is 0 Å². The number of halogens is 1. The van der Waals surface area contributed by atoms with Gasteiger partial charge in [-0.1, -0.05) is 32.4 Å². The van der Waals surface area contributed by atoms with Gasteiger partial charge in [-0.15, -0.1) is 0 Å². The van der Waals surface area contributed by atoms with E-state index in [0.29, 0.717) is 47.3 Å². The molecule has 4 heterocycles. The lowest BCUT2D eigenvalue weighted by molar-refractivity contribution is 0.128. The molecule has 0 amide bonds. The number of rotatable bonds is 4. The number of hydrogen-bond acceptors (Lipinski definition) is 7. The summed E-state index contributed by atoms with van der Waals surface area (Å²) >= 11 is 6.29. The first-order valence-corrected chi connectivity index (χ1v) is 10.1. The van der Waals surface area contributed by atoms with E-state index in [2.05, 4.69) is 30.7 Å². The maximum absolute atomic E-state index is 10.3. The summed E-state index contributed by atoms with van der Waals surface area (Å²) in [7, 11) is 0. The maximum Gasteiger partial charge on any atom is 0.166 e. The third-order valence-corrected chi connectivity index (χ3v) is 5.58. The third-order valence-electron chi connectivity index (χ3n) is 5.24. The summed E-state index contributed by atoms with van der Waals surface area (Å²) in [5, 5.41) is 20.7. The smallest absolute Gasteiger partial charge is 0.166 e. The minimum absolute atomic E-state index is 0.151. The van der Waals surface area contributed by atoms with Crippen LogP contribution in [0.3, 0.4) is 0 Å². The number of aromatic nitrogens is 5. The molecule has 4 rings (SSSR count). The molecule has 1 fully saturated rings. The van der Waals surface area contributed by atoms with E-state index in [1.54, 1.807) is 18.6 Å². The molecule has 0 bridgehead atoms. The van der Waals surface area contributed by atoms with Gasteiger partial charge in [0.15, 0.2) is 17.0 Å². The van der Waals surface area contributed by atoms with Crippen molar-refractivity contribution in [1.29, 1.82) is 0 Å². The second-order valence-corrected chi connectivity index (χ2v) is 8.80. The van der Waals surface area contributed by atoms with Crippen molar-refractivity contribution < 1.29 is 10.2 Å². The van der Waals surface area contributed by atoms with Gasteiger partial charge in [0.05, 0.1) is 42.3 Å². The summed E-state index contributed by atoms with van der Waals surface area (Å²) in [6, 6.07) is 3.20. The fraction of sp³-hybridized carbons (Fsp3) is 0.500. The van der Waals surface area contributed by atoms with Gasteiger partial charge >= 0.3 is 0 Å². The van der Waals surface area contributed by atoms with Crippen LogP contribution in [0.2, 0.25) is 5.02 Å². The molecule has 8 nitrogen and oxygen atoms in total. The van der Waals surface area contributed by atoms with Crippen LogP contribution < -0.4 is 4.90 Å². The van der Waals surface area contributed by atoms with Crippen molar-refractivity contribution in [2.75, 3.05) is 18.1 Å². The topological polar surface area (TPSA) is 100 Å². The van der Waals surface area contributed by atoms with E-state index in [0.717, 1.165) is 5.69 Å². The Balaban J connectivity index is 1.86. The molecule has 0 radical (unpaired) electrons. The first-order valence-electron chi connectivity index (χ1n) is 9.68. The number of anilines is 1. The summed E-state index contributed by atoms with van der Waals surface area (Å²) in [6.07, 6.45) is 3.39. The fourth-order valence-corrected chi connectivity index (χ4v) is 3.78. The number of fused-ring (bicyclic) bond motifs is 1. The van der Waals surface area contributed by atoms with Crippen molar-refractivity contribution in [3.63, 3.8) is 0 Å². The molecule has 9 heteroatoms. The molecule has 0 aromatic carbocycles. The molecule has 0 aliphatic carbocycles. The quantitative estimate of drug-likeness (QED) is 0.672. The summed E-state index contributed by atoms with van der Waals surface area (Å²) in [4.78, 5) is 20.5. The number of aliphatic hydroxyl groups excluding tert-OH is 2. The highest BCUT2D eigenvalue weighted by molar-refractivity contribution is 6.31. The van der Waals surface area contributed by atoms with Crippen molar-refractivity contribution in [1.82, 2.24) is 24.5 Å². The van der Waals surface area contributed by atoms with E-state index in [1.165, 1.54) is 0 Å². The van der Waals surface area contributed by atoms with Crippen LogP contribution in [0.1, 0.15) is 38.7 Å². The summed E-state index contributed by atoms with van der Waals surface area (Å²) in [5.41, 5.74) is 1.77. The highest BCUT2D eigenvalue weighted by Gasteiger charge is 2.36. The predicted molar refractivity (Wildman–Crippen MR) is 111 cm³/mol. The number of imidazole rings is 1. The van der Waals surface area contributed by atoms with Crippen LogP contribution in [0.5, 0.6) is 0 Å². The van der Waals surface area contributed by atoms with Gasteiger partial charge in [-0.05, 0) is 18.6 Å². The Kier molecular flexibility index (Phi) is 5.18. The van der Waals surface area contributed by atoms with Crippen molar-refractivity contribution in [2.45, 2.75) is 51.3 Å². The Labute approximate surface area is 174 Å². The van der Waals surface area contributed by atoms with E-state index >= 15 is 0 Å². The Hall–Kier alpha value is -2.29. The zero-order valence-corrected chi connectivity index (χ0v) is 17.5. The standard InChI is InChI=1S/C20H25ClN6O2/c1-20(2,3)19-24-17-16(18(25-19)27-8-6-15(29)14(27)10-28)23-11-26(17)9-13-12(21)5-4-7-22-13/h4-5,7,11,14-15,28-29H,6,8-10H2,1-3H3/t14-,15+/m1/s1. The Morgan fingerprint density at radius 1 is 1.24 bits per heavy atom. The molecule has 0 saturated carbocycles. The average molecular weight is 417 g/mol. The number of nitrogens with zero attached hydrogens (tertiary/aromatic N) is 6. The van der Waals surface area contributed by atoms with Crippen LogP contribution in [0.15, 0.2) is 24.7 Å². The SMILES string of the molecule is CC(C)(C)c1nc(N2CC[C@H](O)[C@H]2CO)c2ncn(Cc3ncccc3Cl)c2n1. The number of pyridine rings is 1. The van der Waals surface area contributed by atoms with Gasteiger partial charge in [0, 0.05) is 18.2 Å². The van der Waals surface area contributed by atoms with Gasteiger partial charge in [-0.2, -0.15) is 0 Å². The van der Waals surface area contributed by atoms with Gasteiger partial charge < -0.3 is 19.7 Å². The Bertz CT molecular complexity index is 1030. The van der Waals surface area contributed by atoms with E-state index in [4.69, 9.17) is 21.6 Å². The molecule has 0 spiro atoms. The molecular formula is C20H25ClN6O2. The molecule has 1 aliphatic rings. The molecule has 0 unspecified atom stereocenters. The maximum atomic E-state index is 10.3. The van der Waals surface area contributed by atoms with E-state index in [1.807, 2.05) is 15.5 Å². The second kappa shape index (κ2) is 7.51. The average Bonchev–Trinajstić information content (AvgIpc) is 3.25. The van der Waals surface area contributed by atoms with Crippen molar-refractivity contribution in [3.8, 4) is 0 Å². The van der Waals surface area contributed by atoms with Gasteiger partial charge in [0.2, 0.25) is 0 Å². The zero-order valence-electron chi connectivity index (χ0n) is 16.7. The number of hydrogen-bond donors (Lipinski definition) is 2. The fourth-order valence-electron chi connectivity index (χ4n) is 3.60. The molecule has 1 aliphatic heterocycles. The van der Waals surface area contributed by atoms with Crippen LogP contribution >= 0.6 is 11.6 Å². The molecule has 154 valence electrons. The van der Waals surface area contributed by atoms with Gasteiger partial charge in [-0.25, -0.2) is 15.0 Å². The Morgan fingerprint density at radius 3 is 2.72 bits per heavy atom. The second-order valence-electron chi connectivity index (χ2n) is 8.40. The molecule has 2 atom stereocenters. The lowest BCUT2D eigenvalue weighted by Gasteiger charge is -2.27. The highest BCUT2D eigenvalue weighted by Crippen LogP contribution is 2.32. The summed E-state index contributed by atoms with van der Waals surface area (Å²) in [5.74, 6) is 1.31. The third kappa shape index (κ3) is 3.68. The monoisotopic (exact) mass is 416 g/mol. The highest BCUT2D eigenvalue weighted by atomic mass is 35.5. The van der Waals surface area contributed by atoms with E-state index < -0.39 is 12.1 Å². The molecule has 2 N–H and O–H groups in total. The molecule has 3 aromatic heterocycles. The predicted octanol–water partition coefficient (Wildman–Crippen LogP) is 2.15. The van der Waals surface area contributed by atoms with Gasteiger partial charge in [0.1, 0.15) is 5.82 Å². The van der Waals surface area contributed by atoms with E-state index in [-0.39, 0.29) is 12.0 Å². The zero-order chi connectivity index (χ0) is 20.8. The summed E-state index contributed by atoms with van der Waals surface area (Å²) < 4.78 is 1.91. The molecular weight excluding hydrogens is 392 g/mol. The van der Waals surface area contributed by atoms with Crippen molar-refractivity contribution >= 4 is 28.6 Å². The van der Waals surface area contributed by atoms with Crippen molar-refractivity contribution in [2.24, 2.45) is 0 Å². The van der Waals surface area contributed by atoms with Crippen LogP contribution in [0, 0.1) is 0 Å².